The monoisotopic (exact) mass is 175 g/mol. The minimum absolute atomic E-state index is 1.31. The summed E-state index contributed by atoms with van der Waals surface area (Å²) in [4.78, 5) is 0. The van der Waals surface area contributed by atoms with Crippen molar-refractivity contribution < 1.29 is 0 Å². The summed E-state index contributed by atoms with van der Waals surface area (Å²) in [6, 6.07) is 8.45. The van der Waals surface area contributed by atoms with Gasteiger partial charge >= 0.3 is 0 Å². The standard InChI is InChI=1S/C10H11N.C2H6/c1-8-7-11(2)10-6-4-3-5-9(8)10;1-2/h3-7H,1-2H3;1-2H3. The van der Waals surface area contributed by atoms with Crippen molar-refractivity contribution in [3.8, 4) is 0 Å². The van der Waals surface area contributed by atoms with Gasteiger partial charge in [0, 0.05) is 24.1 Å². The van der Waals surface area contributed by atoms with Gasteiger partial charge in [-0.2, -0.15) is 0 Å². The molecule has 1 heteroatoms. The Bertz CT molecular complexity index is 349. The molecule has 0 N–H and O–H groups in total. The van der Waals surface area contributed by atoms with Crippen LogP contribution >= 0.6 is 0 Å². The SMILES string of the molecule is CC.Cc1cn(C)c2ccccc12. The number of fused-ring (bicyclic) bond motifs is 1. The normalized spacial score (nSPS) is 9.54. The molecular formula is C12H17N. The van der Waals surface area contributed by atoms with Crippen molar-refractivity contribution in [2.45, 2.75) is 20.8 Å². The number of aryl methyl sites for hydroxylation is 2. The lowest BCUT2D eigenvalue weighted by molar-refractivity contribution is 0.964. The molecule has 1 nitrogen and oxygen atoms in total. The van der Waals surface area contributed by atoms with E-state index in [0.29, 0.717) is 0 Å². The number of para-hydroxylation sites is 1. The van der Waals surface area contributed by atoms with Crippen LogP contribution < -0.4 is 0 Å². The van der Waals surface area contributed by atoms with Crippen LogP contribution in [0.15, 0.2) is 30.5 Å². The largest absolute Gasteiger partial charge is 0.350 e. The van der Waals surface area contributed by atoms with E-state index in [-0.39, 0.29) is 0 Å². The predicted molar refractivity (Wildman–Crippen MR) is 59.0 cm³/mol. The molecule has 0 aliphatic carbocycles. The fraction of sp³-hybridized carbons (Fsp3) is 0.333. The van der Waals surface area contributed by atoms with Gasteiger partial charge in [0.25, 0.3) is 0 Å². The highest BCUT2D eigenvalue weighted by Crippen LogP contribution is 2.18. The molecule has 0 saturated carbocycles. The van der Waals surface area contributed by atoms with Gasteiger partial charge in [0.2, 0.25) is 0 Å². The van der Waals surface area contributed by atoms with Gasteiger partial charge in [-0.3, -0.25) is 0 Å². The molecule has 2 aromatic rings. The summed E-state index contributed by atoms with van der Waals surface area (Å²) in [6.45, 7) is 6.14. The molecule has 0 atom stereocenters. The first-order chi connectivity index (χ1) is 6.29. The Morgan fingerprint density at radius 1 is 1.08 bits per heavy atom. The molecule has 2 rings (SSSR count). The van der Waals surface area contributed by atoms with E-state index in [1.54, 1.807) is 0 Å². The molecule has 0 unspecified atom stereocenters. The van der Waals surface area contributed by atoms with Crippen LogP contribution in [0, 0.1) is 6.92 Å². The zero-order valence-electron chi connectivity index (χ0n) is 8.83. The van der Waals surface area contributed by atoms with Gasteiger partial charge in [-0.05, 0) is 18.6 Å². The fourth-order valence-corrected chi connectivity index (χ4v) is 1.54. The second-order valence-electron chi connectivity index (χ2n) is 2.94. The van der Waals surface area contributed by atoms with Crippen LogP contribution in [0.3, 0.4) is 0 Å². The van der Waals surface area contributed by atoms with Gasteiger partial charge in [-0.1, -0.05) is 32.0 Å². The Morgan fingerprint density at radius 2 is 1.69 bits per heavy atom. The molecule has 70 valence electrons. The number of hydrogen-bond acceptors (Lipinski definition) is 0. The molecule has 0 bridgehead atoms. The molecular weight excluding hydrogens is 158 g/mol. The van der Waals surface area contributed by atoms with E-state index < -0.39 is 0 Å². The Labute approximate surface area is 80.0 Å². The average molecular weight is 175 g/mol. The molecule has 0 spiro atoms. The maximum atomic E-state index is 2.16. The smallest absolute Gasteiger partial charge is 0.0480 e. The Kier molecular flexibility index (Phi) is 3.13. The van der Waals surface area contributed by atoms with Crippen molar-refractivity contribution in [3.63, 3.8) is 0 Å². The highest BCUT2D eigenvalue weighted by molar-refractivity contribution is 5.83. The van der Waals surface area contributed by atoms with Gasteiger partial charge in [-0.15, -0.1) is 0 Å². The zero-order valence-corrected chi connectivity index (χ0v) is 8.83. The highest BCUT2D eigenvalue weighted by atomic mass is 14.9. The Morgan fingerprint density at radius 3 is 2.31 bits per heavy atom. The average Bonchev–Trinajstić information content (AvgIpc) is 2.47. The molecule has 0 amide bonds. The maximum absolute atomic E-state index is 2.16. The lowest BCUT2D eigenvalue weighted by Crippen LogP contribution is -1.81. The predicted octanol–water partition coefficient (Wildman–Crippen LogP) is 3.51. The van der Waals surface area contributed by atoms with Crippen LogP contribution in [0.1, 0.15) is 19.4 Å². The minimum atomic E-state index is 1.31. The first kappa shape index (κ1) is 9.85. The van der Waals surface area contributed by atoms with Crippen LogP contribution in [0.5, 0.6) is 0 Å². The van der Waals surface area contributed by atoms with Crippen molar-refractivity contribution in [2.24, 2.45) is 7.05 Å². The number of hydrogen-bond donors (Lipinski definition) is 0. The summed E-state index contributed by atoms with van der Waals surface area (Å²) in [7, 11) is 2.08. The quantitative estimate of drug-likeness (QED) is 0.577. The Balaban J connectivity index is 0.000000396. The molecule has 0 saturated heterocycles. The topological polar surface area (TPSA) is 4.93 Å². The van der Waals surface area contributed by atoms with E-state index in [9.17, 15) is 0 Å². The van der Waals surface area contributed by atoms with Crippen LogP contribution in [-0.4, -0.2) is 4.57 Å². The lowest BCUT2D eigenvalue weighted by Gasteiger charge is -1.92. The van der Waals surface area contributed by atoms with Crippen molar-refractivity contribution in [1.82, 2.24) is 4.57 Å². The molecule has 1 heterocycles. The van der Waals surface area contributed by atoms with Crippen LogP contribution in [0.25, 0.3) is 10.9 Å². The first-order valence-corrected chi connectivity index (χ1v) is 4.80. The molecule has 0 aliphatic heterocycles. The third-order valence-electron chi connectivity index (χ3n) is 2.10. The Hall–Kier alpha value is -1.24. The minimum Gasteiger partial charge on any atom is -0.350 e. The summed E-state index contributed by atoms with van der Waals surface area (Å²) >= 11 is 0. The van der Waals surface area contributed by atoms with Gasteiger partial charge in [-0.25, -0.2) is 0 Å². The second kappa shape index (κ2) is 4.13. The number of benzene rings is 1. The van der Waals surface area contributed by atoms with E-state index in [1.165, 1.54) is 16.5 Å². The first-order valence-electron chi connectivity index (χ1n) is 4.80. The van der Waals surface area contributed by atoms with E-state index in [1.807, 2.05) is 13.8 Å². The van der Waals surface area contributed by atoms with E-state index in [2.05, 4.69) is 49.0 Å². The van der Waals surface area contributed by atoms with Gasteiger partial charge in [0.05, 0.1) is 0 Å². The number of rotatable bonds is 0. The summed E-state index contributed by atoms with van der Waals surface area (Å²) < 4.78 is 2.16. The van der Waals surface area contributed by atoms with Crippen LogP contribution in [0.2, 0.25) is 0 Å². The molecule has 0 fully saturated rings. The third kappa shape index (κ3) is 1.74. The summed E-state index contributed by atoms with van der Waals surface area (Å²) in [5.74, 6) is 0. The summed E-state index contributed by atoms with van der Waals surface area (Å²) in [6.07, 6.45) is 2.16. The van der Waals surface area contributed by atoms with Crippen molar-refractivity contribution in [3.05, 3.63) is 36.0 Å². The highest BCUT2D eigenvalue weighted by Gasteiger charge is 1.98. The molecule has 1 aromatic carbocycles. The summed E-state index contributed by atoms with van der Waals surface area (Å²) in [5, 5.41) is 1.36. The number of aromatic nitrogens is 1. The molecule has 1 aromatic heterocycles. The molecule has 0 aliphatic rings. The number of nitrogens with zero attached hydrogens (tertiary/aromatic N) is 1. The van der Waals surface area contributed by atoms with Crippen molar-refractivity contribution in [2.75, 3.05) is 0 Å². The summed E-state index contributed by atoms with van der Waals surface area (Å²) in [5.41, 5.74) is 2.66. The van der Waals surface area contributed by atoms with Crippen LogP contribution in [0.4, 0.5) is 0 Å². The van der Waals surface area contributed by atoms with E-state index >= 15 is 0 Å². The molecule has 0 radical (unpaired) electrons. The van der Waals surface area contributed by atoms with Crippen molar-refractivity contribution >= 4 is 10.9 Å². The maximum Gasteiger partial charge on any atom is 0.0480 e. The zero-order chi connectivity index (χ0) is 9.84. The van der Waals surface area contributed by atoms with Crippen LogP contribution in [-0.2, 0) is 7.05 Å². The fourth-order valence-electron chi connectivity index (χ4n) is 1.54. The van der Waals surface area contributed by atoms with Gasteiger partial charge < -0.3 is 4.57 Å². The van der Waals surface area contributed by atoms with E-state index in [4.69, 9.17) is 0 Å². The third-order valence-corrected chi connectivity index (χ3v) is 2.10. The molecule has 13 heavy (non-hydrogen) atoms. The van der Waals surface area contributed by atoms with Crippen molar-refractivity contribution in [1.29, 1.82) is 0 Å². The van der Waals surface area contributed by atoms with E-state index in [0.717, 1.165) is 0 Å². The second-order valence-corrected chi connectivity index (χ2v) is 2.94. The van der Waals surface area contributed by atoms with Gasteiger partial charge in [0.15, 0.2) is 0 Å². The lowest BCUT2D eigenvalue weighted by atomic mass is 10.2. The van der Waals surface area contributed by atoms with Gasteiger partial charge in [0.1, 0.15) is 0 Å².